The zero-order chi connectivity index (χ0) is 17.3. The van der Waals surface area contributed by atoms with Crippen LogP contribution in [0.4, 0.5) is 5.13 Å². The molecule has 0 atom stereocenters. The number of benzene rings is 1. The van der Waals surface area contributed by atoms with Crippen molar-refractivity contribution in [3.8, 4) is 17.2 Å². The zero-order valence-electron chi connectivity index (χ0n) is 12.8. The van der Waals surface area contributed by atoms with Crippen molar-refractivity contribution in [2.75, 3.05) is 19.1 Å². The van der Waals surface area contributed by atoms with Crippen LogP contribution in [0.3, 0.4) is 0 Å². The summed E-state index contributed by atoms with van der Waals surface area (Å²) in [6.07, 6.45) is 3.21. The fourth-order valence-electron chi connectivity index (χ4n) is 2.14. The minimum atomic E-state index is -0.314. The van der Waals surface area contributed by atoms with Gasteiger partial charge in [0.1, 0.15) is 0 Å². The first-order valence-corrected chi connectivity index (χ1v) is 8.41. The molecule has 0 saturated carbocycles. The van der Waals surface area contributed by atoms with E-state index in [-0.39, 0.29) is 28.3 Å². The van der Waals surface area contributed by atoms with Crippen molar-refractivity contribution in [2.45, 2.75) is 0 Å². The van der Waals surface area contributed by atoms with E-state index in [1.807, 2.05) is 0 Å². The van der Waals surface area contributed by atoms with E-state index in [9.17, 15) is 9.90 Å². The number of nitrogens with one attached hydrogen (secondary N) is 1. The van der Waals surface area contributed by atoms with Gasteiger partial charge >= 0.3 is 0 Å². The Kier molecular flexibility index (Phi) is 4.45. The summed E-state index contributed by atoms with van der Waals surface area (Å²) >= 11 is 2.34. The minimum Gasteiger partial charge on any atom is -0.502 e. The van der Waals surface area contributed by atoms with Gasteiger partial charge < -0.3 is 14.6 Å². The molecule has 0 spiro atoms. The number of amides is 1. The third-order valence-electron chi connectivity index (χ3n) is 3.23. The Bertz CT molecular complexity index is 808. The first kappa shape index (κ1) is 16.3. The van der Waals surface area contributed by atoms with Crippen molar-refractivity contribution >= 4 is 45.4 Å². The first-order chi connectivity index (χ1) is 11.5. The van der Waals surface area contributed by atoms with Crippen LogP contribution < -0.4 is 14.4 Å². The molecule has 1 aliphatic rings. The largest absolute Gasteiger partial charge is 0.502 e. The third kappa shape index (κ3) is 2.83. The predicted octanol–water partition coefficient (Wildman–Crippen LogP) is 2.92. The number of nitrogens with zero attached hydrogens (tertiary/aromatic N) is 2. The molecule has 0 unspecified atom stereocenters. The summed E-state index contributed by atoms with van der Waals surface area (Å²) in [5, 5.41) is 20.3. The van der Waals surface area contributed by atoms with E-state index < -0.39 is 0 Å². The molecule has 2 heterocycles. The lowest BCUT2D eigenvalue weighted by molar-refractivity contribution is -0.113. The van der Waals surface area contributed by atoms with E-state index in [0.29, 0.717) is 15.6 Å². The fourth-order valence-corrected chi connectivity index (χ4v) is 3.68. The molecule has 3 rings (SSSR count). The first-order valence-electron chi connectivity index (χ1n) is 6.72. The monoisotopic (exact) mass is 363 g/mol. The van der Waals surface area contributed by atoms with Crippen LogP contribution in [0.15, 0.2) is 28.6 Å². The molecule has 9 heteroatoms. The molecule has 1 aromatic heterocycles. The van der Waals surface area contributed by atoms with Crippen molar-refractivity contribution in [1.29, 1.82) is 5.41 Å². The Morgan fingerprint density at radius 3 is 2.50 bits per heavy atom. The van der Waals surface area contributed by atoms with Crippen LogP contribution in [-0.4, -0.2) is 35.4 Å². The fraction of sp³-hybridized carbons (Fsp3) is 0.133. The van der Waals surface area contributed by atoms with Crippen LogP contribution in [0, 0.1) is 5.41 Å². The van der Waals surface area contributed by atoms with Gasteiger partial charge in [0.05, 0.1) is 19.1 Å². The number of hydrogen-bond acceptors (Lipinski definition) is 8. The van der Waals surface area contributed by atoms with Gasteiger partial charge in [0.2, 0.25) is 5.75 Å². The molecule has 1 aromatic carbocycles. The van der Waals surface area contributed by atoms with E-state index in [1.54, 1.807) is 29.8 Å². The molecular formula is C15H13N3O4S2. The van der Waals surface area contributed by atoms with Gasteiger partial charge in [-0.3, -0.25) is 10.2 Å². The SMILES string of the molecule is COc1cc(/C=C2\SC(=N)N(c3nccs3)C2=O)cc(OC)c1O. The van der Waals surface area contributed by atoms with Gasteiger partial charge in [-0.15, -0.1) is 11.3 Å². The van der Waals surface area contributed by atoms with E-state index in [2.05, 4.69) is 4.98 Å². The molecule has 7 nitrogen and oxygen atoms in total. The number of aromatic hydroxyl groups is 1. The van der Waals surface area contributed by atoms with E-state index in [0.717, 1.165) is 11.8 Å². The van der Waals surface area contributed by atoms with Crippen molar-refractivity contribution in [3.63, 3.8) is 0 Å². The lowest BCUT2D eigenvalue weighted by Gasteiger charge is -2.10. The van der Waals surface area contributed by atoms with Crippen molar-refractivity contribution in [3.05, 3.63) is 34.2 Å². The van der Waals surface area contributed by atoms with Crippen molar-refractivity contribution in [2.24, 2.45) is 0 Å². The number of rotatable bonds is 4. The van der Waals surface area contributed by atoms with Crippen LogP contribution in [0.5, 0.6) is 17.2 Å². The molecule has 2 N–H and O–H groups in total. The maximum atomic E-state index is 12.5. The Morgan fingerprint density at radius 1 is 1.29 bits per heavy atom. The highest BCUT2D eigenvalue weighted by atomic mass is 32.2. The molecule has 1 aliphatic heterocycles. The van der Waals surface area contributed by atoms with Crippen LogP contribution in [0.25, 0.3) is 6.08 Å². The van der Waals surface area contributed by atoms with Gasteiger partial charge in [-0.1, -0.05) is 0 Å². The Balaban J connectivity index is 1.98. The summed E-state index contributed by atoms with van der Waals surface area (Å²) in [7, 11) is 2.86. The highest BCUT2D eigenvalue weighted by Gasteiger charge is 2.35. The quantitative estimate of drug-likeness (QED) is 0.811. The summed E-state index contributed by atoms with van der Waals surface area (Å²) in [6.45, 7) is 0. The van der Waals surface area contributed by atoms with Crippen LogP contribution in [0.2, 0.25) is 0 Å². The topological polar surface area (TPSA) is 95.7 Å². The van der Waals surface area contributed by atoms with Gasteiger partial charge in [-0.05, 0) is 35.5 Å². The number of phenols is 1. The Morgan fingerprint density at radius 2 is 1.96 bits per heavy atom. The van der Waals surface area contributed by atoms with Crippen molar-refractivity contribution < 1.29 is 19.4 Å². The maximum Gasteiger partial charge on any atom is 0.273 e. The normalized spacial score (nSPS) is 16.1. The number of ether oxygens (including phenoxy) is 2. The van der Waals surface area contributed by atoms with Gasteiger partial charge in [-0.2, -0.15) is 0 Å². The van der Waals surface area contributed by atoms with Gasteiger partial charge in [0.15, 0.2) is 21.8 Å². The molecule has 0 bridgehead atoms. The standard InChI is InChI=1S/C15H13N3O4S2/c1-21-9-5-8(6-10(22-2)12(9)19)7-11-13(20)18(14(16)24-11)15-17-3-4-23-15/h3-7,16,19H,1-2H3/b11-7-,16-14?. The number of hydrogen-bond donors (Lipinski definition) is 2. The number of anilines is 1. The number of aromatic nitrogens is 1. The molecule has 1 amide bonds. The number of methoxy groups -OCH3 is 2. The molecule has 124 valence electrons. The zero-order valence-corrected chi connectivity index (χ0v) is 14.4. The van der Waals surface area contributed by atoms with Gasteiger partial charge in [-0.25, -0.2) is 9.88 Å². The van der Waals surface area contributed by atoms with Crippen LogP contribution >= 0.6 is 23.1 Å². The number of amidine groups is 1. The Labute approximate surface area is 146 Å². The second-order valence-corrected chi connectivity index (χ2v) is 6.55. The lowest BCUT2D eigenvalue weighted by atomic mass is 10.1. The predicted molar refractivity (Wildman–Crippen MR) is 94.1 cm³/mol. The molecular weight excluding hydrogens is 350 g/mol. The second-order valence-electron chi connectivity index (χ2n) is 4.65. The summed E-state index contributed by atoms with van der Waals surface area (Å²) in [4.78, 5) is 18.3. The molecule has 1 saturated heterocycles. The van der Waals surface area contributed by atoms with Gasteiger partial charge in [0, 0.05) is 11.6 Å². The average Bonchev–Trinajstić information content (AvgIpc) is 3.17. The third-order valence-corrected chi connectivity index (χ3v) is 4.88. The summed E-state index contributed by atoms with van der Waals surface area (Å²) in [5.41, 5.74) is 0.617. The van der Waals surface area contributed by atoms with E-state index in [1.165, 1.54) is 30.5 Å². The molecule has 2 aromatic rings. The smallest absolute Gasteiger partial charge is 0.273 e. The molecule has 0 radical (unpaired) electrons. The van der Waals surface area contributed by atoms with Crippen molar-refractivity contribution in [1.82, 2.24) is 4.98 Å². The Hall–Kier alpha value is -2.52. The summed E-state index contributed by atoms with van der Waals surface area (Å²) < 4.78 is 10.2. The summed E-state index contributed by atoms with van der Waals surface area (Å²) in [6, 6.07) is 3.18. The number of carbonyl (C=O) groups excluding carboxylic acids is 1. The van der Waals surface area contributed by atoms with E-state index >= 15 is 0 Å². The second kappa shape index (κ2) is 6.54. The number of thioether (sulfide) groups is 1. The number of carbonyl (C=O) groups is 1. The van der Waals surface area contributed by atoms with E-state index in [4.69, 9.17) is 14.9 Å². The van der Waals surface area contributed by atoms with Crippen LogP contribution in [-0.2, 0) is 4.79 Å². The minimum absolute atomic E-state index is 0.0962. The lowest BCUT2D eigenvalue weighted by Crippen LogP contribution is -2.27. The van der Waals surface area contributed by atoms with Gasteiger partial charge in [0.25, 0.3) is 5.91 Å². The highest BCUT2D eigenvalue weighted by Crippen LogP contribution is 2.40. The molecule has 1 fully saturated rings. The maximum absolute atomic E-state index is 12.5. The summed E-state index contributed by atoms with van der Waals surface area (Å²) in [5.74, 6) is 0.0580. The average molecular weight is 363 g/mol. The number of thiazole rings is 1. The highest BCUT2D eigenvalue weighted by molar-refractivity contribution is 8.19. The van der Waals surface area contributed by atoms with Crippen LogP contribution in [0.1, 0.15) is 5.56 Å². The number of phenolic OH excluding ortho intramolecular Hbond substituents is 1. The molecule has 24 heavy (non-hydrogen) atoms. The molecule has 0 aliphatic carbocycles.